The summed E-state index contributed by atoms with van der Waals surface area (Å²) in [6.45, 7) is 1.26. The fourth-order valence-electron chi connectivity index (χ4n) is 4.16. The second kappa shape index (κ2) is 8.74. The molecule has 0 aliphatic carbocycles. The average molecular weight is 432 g/mol. The Labute approximate surface area is 185 Å². The van der Waals surface area contributed by atoms with Crippen molar-refractivity contribution in [1.82, 2.24) is 14.9 Å². The first kappa shape index (κ1) is 20.1. The van der Waals surface area contributed by atoms with E-state index in [0.717, 1.165) is 17.7 Å². The molecule has 0 bridgehead atoms. The van der Waals surface area contributed by atoms with Gasteiger partial charge in [0.2, 0.25) is 5.91 Å². The molecule has 5 rings (SSSR count). The van der Waals surface area contributed by atoms with Gasteiger partial charge in [-0.05, 0) is 30.2 Å². The van der Waals surface area contributed by atoms with Crippen molar-refractivity contribution in [2.75, 3.05) is 24.6 Å². The number of amides is 2. The number of carbonyl (C=O) groups is 2. The maximum Gasteiger partial charge on any atom is 0.250 e. The van der Waals surface area contributed by atoms with Crippen LogP contribution in [0.15, 0.2) is 67.3 Å². The molecule has 2 aliphatic heterocycles. The van der Waals surface area contributed by atoms with Gasteiger partial charge in [0, 0.05) is 24.6 Å². The first-order chi connectivity index (χ1) is 15.7. The Morgan fingerprint density at radius 3 is 2.78 bits per heavy atom. The van der Waals surface area contributed by atoms with Gasteiger partial charge in [-0.2, -0.15) is 0 Å². The topological polar surface area (TPSA) is 85.7 Å². The van der Waals surface area contributed by atoms with E-state index in [0.29, 0.717) is 31.2 Å². The number of ether oxygens (including phenoxy) is 2. The number of imidazole rings is 1. The van der Waals surface area contributed by atoms with Gasteiger partial charge in [-0.1, -0.05) is 30.3 Å². The summed E-state index contributed by atoms with van der Waals surface area (Å²) in [6.07, 6.45) is 5.44. The van der Waals surface area contributed by atoms with Crippen molar-refractivity contribution in [3.05, 3.63) is 72.8 Å². The van der Waals surface area contributed by atoms with Crippen LogP contribution in [0.4, 0.5) is 5.69 Å². The number of aromatic nitrogens is 2. The second-order valence-electron chi connectivity index (χ2n) is 7.90. The lowest BCUT2D eigenvalue weighted by atomic mass is 10.1. The molecule has 164 valence electrons. The number of anilines is 1. The number of nitrogens with zero attached hydrogens (tertiary/aromatic N) is 3. The summed E-state index contributed by atoms with van der Waals surface area (Å²) in [7, 11) is 0. The molecule has 32 heavy (non-hydrogen) atoms. The van der Waals surface area contributed by atoms with E-state index in [4.69, 9.17) is 9.47 Å². The van der Waals surface area contributed by atoms with Crippen LogP contribution in [0.25, 0.3) is 0 Å². The van der Waals surface area contributed by atoms with Crippen molar-refractivity contribution in [3.8, 4) is 11.5 Å². The standard InChI is InChI=1S/C24H24N4O4/c29-23(26-14-18-15-31-21-7-3-4-8-22(21)32-18)13-20(27-12-10-25-16-27)24(30)28-11-9-17-5-1-2-6-19(17)28/h1-8,10,12,16,18,20H,9,11,13-15H2,(H,26,29). The van der Waals surface area contributed by atoms with E-state index in [2.05, 4.69) is 10.3 Å². The van der Waals surface area contributed by atoms with Crippen LogP contribution < -0.4 is 19.7 Å². The van der Waals surface area contributed by atoms with Gasteiger partial charge >= 0.3 is 0 Å². The van der Waals surface area contributed by atoms with Crippen molar-refractivity contribution in [1.29, 1.82) is 0 Å². The van der Waals surface area contributed by atoms with Crippen molar-refractivity contribution in [2.45, 2.75) is 25.0 Å². The Bertz CT molecular complexity index is 1110. The minimum absolute atomic E-state index is 0.0119. The van der Waals surface area contributed by atoms with E-state index >= 15 is 0 Å². The highest BCUT2D eigenvalue weighted by atomic mass is 16.6. The van der Waals surface area contributed by atoms with E-state index < -0.39 is 6.04 Å². The predicted octanol–water partition coefficient (Wildman–Crippen LogP) is 2.36. The van der Waals surface area contributed by atoms with E-state index in [1.807, 2.05) is 48.5 Å². The zero-order chi connectivity index (χ0) is 21.9. The van der Waals surface area contributed by atoms with Gasteiger partial charge in [0.05, 0.1) is 19.3 Å². The quantitative estimate of drug-likeness (QED) is 0.646. The van der Waals surface area contributed by atoms with Crippen molar-refractivity contribution in [2.24, 2.45) is 0 Å². The highest BCUT2D eigenvalue weighted by Gasteiger charge is 2.32. The van der Waals surface area contributed by atoms with Crippen LogP contribution >= 0.6 is 0 Å². The molecule has 3 heterocycles. The minimum Gasteiger partial charge on any atom is -0.486 e. The van der Waals surface area contributed by atoms with Crippen LogP contribution in [0.2, 0.25) is 0 Å². The molecule has 2 unspecified atom stereocenters. The van der Waals surface area contributed by atoms with E-state index in [-0.39, 0.29) is 24.3 Å². The third-order valence-electron chi connectivity index (χ3n) is 5.80. The van der Waals surface area contributed by atoms with Crippen LogP contribution in [0.1, 0.15) is 18.0 Å². The molecule has 2 amide bonds. The van der Waals surface area contributed by atoms with Gasteiger partial charge in [-0.25, -0.2) is 4.98 Å². The van der Waals surface area contributed by atoms with E-state index in [9.17, 15) is 9.59 Å². The fourth-order valence-corrected chi connectivity index (χ4v) is 4.16. The molecule has 1 aromatic heterocycles. The summed E-state index contributed by atoms with van der Waals surface area (Å²) in [4.78, 5) is 32.1. The number of hydrogen-bond acceptors (Lipinski definition) is 5. The fraction of sp³-hybridized carbons (Fsp3) is 0.292. The molecule has 8 nitrogen and oxygen atoms in total. The lowest BCUT2D eigenvalue weighted by Crippen LogP contribution is -2.43. The zero-order valence-electron chi connectivity index (χ0n) is 17.5. The average Bonchev–Trinajstić information content (AvgIpc) is 3.51. The van der Waals surface area contributed by atoms with Gasteiger partial charge in [0.25, 0.3) is 5.91 Å². The van der Waals surface area contributed by atoms with Gasteiger partial charge in [-0.3, -0.25) is 9.59 Å². The number of para-hydroxylation sites is 3. The smallest absolute Gasteiger partial charge is 0.250 e. The largest absolute Gasteiger partial charge is 0.486 e. The Hall–Kier alpha value is -3.81. The third kappa shape index (κ3) is 4.03. The summed E-state index contributed by atoms with van der Waals surface area (Å²) in [5, 5.41) is 2.89. The van der Waals surface area contributed by atoms with Crippen LogP contribution in [-0.4, -0.2) is 47.2 Å². The number of fused-ring (bicyclic) bond motifs is 2. The monoisotopic (exact) mass is 432 g/mol. The Morgan fingerprint density at radius 2 is 1.94 bits per heavy atom. The number of rotatable bonds is 6. The first-order valence-corrected chi connectivity index (χ1v) is 10.7. The van der Waals surface area contributed by atoms with Gasteiger partial charge < -0.3 is 24.3 Å². The summed E-state index contributed by atoms with van der Waals surface area (Å²) in [5.74, 6) is 1.02. The molecule has 0 radical (unpaired) electrons. The molecule has 0 fully saturated rings. The Kier molecular flexibility index (Phi) is 5.49. The van der Waals surface area contributed by atoms with Gasteiger partial charge in [0.15, 0.2) is 11.5 Å². The Morgan fingerprint density at radius 1 is 1.12 bits per heavy atom. The first-order valence-electron chi connectivity index (χ1n) is 10.7. The molecular weight excluding hydrogens is 408 g/mol. The molecule has 2 aromatic carbocycles. The number of nitrogens with one attached hydrogen (secondary N) is 1. The SMILES string of the molecule is O=C(CC(C(=O)N1CCc2ccccc21)n1ccnc1)NCC1COc2ccccc2O1. The molecule has 2 aliphatic rings. The molecule has 0 spiro atoms. The molecule has 1 N–H and O–H groups in total. The highest BCUT2D eigenvalue weighted by molar-refractivity contribution is 6.00. The van der Waals surface area contributed by atoms with Crippen LogP contribution in [0.3, 0.4) is 0 Å². The van der Waals surface area contributed by atoms with Gasteiger partial charge in [-0.15, -0.1) is 0 Å². The molecule has 8 heteroatoms. The lowest BCUT2D eigenvalue weighted by molar-refractivity contribution is -0.128. The number of benzene rings is 2. The van der Waals surface area contributed by atoms with Crippen LogP contribution in [-0.2, 0) is 16.0 Å². The highest BCUT2D eigenvalue weighted by Crippen LogP contribution is 2.31. The van der Waals surface area contributed by atoms with E-state index in [1.165, 1.54) is 0 Å². The minimum atomic E-state index is -0.673. The molecular formula is C24H24N4O4. The predicted molar refractivity (Wildman–Crippen MR) is 118 cm³/mol. The number of hydrogen-bond donors (Lipinski definition) is 1. The van der Waals surface area contributed by atoms with Crippen LogP contribution in [0, 0.1) is 0 Å². The molecule has 0 saturated carbocycles. The van der Waals surface area contributed by atoms with Crippen molar-refractivity contribution in [3.63, 3.8) is 0 Å². The van der Waals surface area contributed by atoms with Crippen molar-refractivity contribution >= 4 is 17.5 Å². The van der Waals surface area contributed by atoms with Crippen LogP contribution in [0.5, 0.6) is 11.5 Å². The summed E-state index contributed by atoms with van der Waals surface area (Å²) in [6, 6.07) is 14.7. The van der Waals surface area contributed by atoms with Gasteiger partial charge in [0.1, 0.15) is 18.8 Å². The summed E-state index contributed by atoms with van der Waals surface area (Å²) in [5.41, 5.74) is 2.05. The normalized spacial score (nSPS) is 17.5. The zero-order valence-corrected chi connectivity index (χ0v) is 17.5. The Balaban J connectivity index is 1.24. The maximum atomic E-state index is 13.4. The molecule has 2 atom stereocenters. The summed E-state index contributed by atoms with van der Waals surface area (Å²) >= 11 is 0. The lowest BCUT2D eigenvalue weighted by Gasteiger charge is -2.27. The maximum absolute atomic E-state index is 13.4. The molecule has 3 aromatic rings. The molecule has 0 saturated heterocycles. The third-order valence-corrected chi connectivity index (χ3v) is 5.80. The number of carbonyl (C=O) groups excluding carboxylic acids is 2. The second-order valence-corrected chi connectivity index (χ2v) is 7.90. The van der Waals surface area contributed by atoms with E-state index in [1.54, 1.807) is 28.2 Å². The van der Waals surface area contributed by atoms with Crippen molar-refractivity contribution < 1.29 is 19.1 Å². The summed E-state index contributed by atoms with van der Waals surface area (Å²) < 4.78 is 13.3.